The van der Waals surface area contributed by atoms with E-state index in [1.165, 1.54) is 12.8 Å². The van der Waals surface area contributed by atoms with Gasteiger partial charge in [0.1, 0.15) is 0 Å². The van der Waals surface area contributed by atoms with Crippen LogP contribution in [0.2, 0.25) is 0 Å². The summed E-state index contributed by atoms with van der Waals surface area (Å²) < 4.78 is 10.9. The lowest BCUT2D eigenvalue weighted by Gasteiger charge is -2.13. The van der Waals surface area contributed by atoms with Crippen molar-refractivity contribution in [2.75, 3.05) is 39.5 Å². The summed E-state index contributed by atoms with van der Waals surface area (Å²) in [6.07, 6.45) is 5.17. The van der Waals surface area contributed by atoms with Crippen molar-refractivity contribution in [1.82, 2.24) is 5.32 Å². The van der Waals surface area contributed by atoms with Crippen LogP contribution in [0.15, 0.2) is 0 Å². The Morgan fingerprint density at radius 2 is 1.70 bits per heavy atom. The highest BCUT2D eigenvalue weighted by atomic mass is 16.5. The highest BCUT2D eigenvalue weighted by molar-refractivity contribution is 4.58. The molecule has 0 amide bonds. The second-order valence-electron chi connectivity index (χ2n) is 5.79. The molecule has 1 unspecified atom stereocenters. The molecule has 2 N–H and O–H groups in total. The minimum Gasteiger partial charge on any atom is -0.389 e. The molecule has 0 heterocycles. The first-order chi connectivity index (χ1) is 9.66. The van der Waals surface area contributed by atoms with Gasteiger partial charge in [0, 0.05) is 26.4 Å². The fourth-order valence-electron chi connectivity index (χ4n) is 1.79. The van der Waals surface area contributed by atoms with Gasteiger partial charge in [-0.15, -0.1) is 0 Å². The van der Waals surface area contributed by atoms with Gasteiger partial charge in [-0.1, -0.05) is 27.2 Å². The standard InChI is InChI=1S/C16H35NO3/c1-4-5-10-19-12-7-9-17-13-16(18)14-20-11-6-8-15(2)3/h15-18H,4-14H2,1-3H3. The SMILES string of the molecule is CCCCOCCCNCC(O)COCCCC(C)C. The molecule has 0 aliphatic carbocycles. The van der Waals surface area contributed by atoms with Crippen molar-refractivity contribution in [2.24, 2.45) is 5.92 Å². The number of hydrogen-bond acceptors (Lipinski definition) is 4. The topological polar surface area (TPSA) is 50.7 Å². The van der Waals surface area contributed by atoms with E-state index in [9.17, 15) is 5.11 Å². The summed E-state index contributed by atoms with van der Waals surface area (Å²) >= 11 is 0. The van der Waals surface area contributed by atoms with E-state index in [0.29, 0.717) is 13.2 Å². The van der Waals surface area contributed by atoms with Gasteiger partial charge in [0.2, 0.25) is 0 Å². The van der Waals surface area contributed by atoms with Crippen LogP contribution >= 0.6 is 0 Å². The second-order valence-corrected chi connectivity index (χ2v) is 5.79. The van der Waals surface area contributed by atoms with E-state index < -0.39 is 6.10 Å². The van der Waals surface area contributed by atoms with Crippen molar-refractivity contribution < 1.29 is 14.6 Å². The van der Waals surface area contributed by atoms with Crippen molar-refractivity contribution in [1.29, 1.82) is 0 Å². The van der Waals surface area contributed by atoms with Crippen LogP contribution in [0.4, 0.5) is 0 Å². The minimum absolute atomic E-state index is 0.407. The fraction of sp³-hybridized carbons (Fsp3) is 1.00. The zero-order valence-corrected chi connectivity index (χ0v) is 13.7. The Hall–Kier alpha value is -0.160. The summed E-state index contributed by atoms with van der Waals surface area (Å²) in [5.74, 6) is 0.727. The van der Waals surface area contributed by atoms with Gasteiger partial charge in [0.25, 0.3) is 0 Å². The van der Waals surface area contributed by atoms with Crippen LogP contribution in [0.25, 0.3) is 0 Å². The molecule has 0 rings (SSSR count). The summed E-state index contributed by atoms with van der Waals surface area (Å²) in [4.78, 5) is 0. The summed E-state index contributed by atoms with van der Waals surface area (Å²) in [7, 11) is 0. The normalized spacial score (nSPS) is 13.1. The number of hydrogen-bond donors (Lipinski definition) is 2. The molecular formula is C16H35NO3. The molecule has 122 valence electrons. The van der Waals surface area contributed by atoms with Crippen molar-refractivity contribution in [3.8, 4) is 0 Å². The third-order valence-corrected chi connectivity index (χ3v) is 3.04. The monoisotopic (exact) mass is 289 g/mol. The maximum atomic E-state index is 9.71. The predicted octanol–water partition coefficient (Wildman–Crippen LogP) is 2.60. The smallest absolute Gasteiger partial charge is 0.0897 e. The molecular weight excluding hydrogens is 254 g/mol. The van der Waals surface area contributed by atoms with Gasteiger partial charge in [0.15, 0.2) is 0 Å². The van der Waals surface area contributed by atoms with Crippen LogP contribution in [0.3, 0.4) is 0 Å². The van der Waals surface area contributed by atoms with Gasteiger partial charge in [-0.05, 0) is 38.1 Å². The predicted molar refractivity (Wildman–Crippen MR) is 84.1 cm³/mol. The van der Waals surface area contributed by atoms with E-state index >= 15 is 0 Å². The Morgan fingerprint density at radius 3 is 2.40 bits per heavy atom. The summed E-state index contributed by atoms with van der Waals surface area (Å²) in [6, 6.07) is 0. The molecule has 0 aromatic carbocycles. The molecule has 0 aromatic rings. The number of aliphatic hydroxyl groups excluding tert-OH is 1. The zero-order chi connectivity index (χ0) is 15.1. The van der Waals surface area contributed by atoms with Gasteiger partial charge in [0.05, 0.1) is 12.7 Å². The lowest BCUT2D eigenvalue weighted by Crippen LogP contribution is -2.31. The number of ether oxygens (including phenoxy) is 2. The highest BCUT2D eigenvalue weighted by Crippen LogP contribution is 2.03. The van der Waals surface area contributed by atoms with Crippen molar-refractivity contribution in [3.63, 3.8) is 0 Å². The maximum absolute atomic E-state index is 9.71. The van der Waals surface area contributed by atoms with E-state index in [4.69, 9.17) is 9.47 Å². The number of rotatable bonds is 15. The van der Waals surface area contributed by atoms with Crippen LogP contribution in [-0.2, 0) is 9.47 Å². The van der Waals surface area contributed by atoms with Crippen molar-refractivity contribution in [3.05, 3.63) is 0 Å². The molecule has 0 bridgehead atoms. The maximum Gasteiger partial charge on any atom is 0.0897 e. The van der Waals surface area contributed by atoms with E-state index in [2.05, 4.69) is 26.1 Å². The molecule has 4 heteroatoms. The van der Waals surface area contributed by atoms with E-state index in [-0.39, 0.29) is 0 Å². The summed E-state index contributed by atoms with van der Waals surface area (Å²) in [6.45, 7) is 10.9. The van der Waals surface area contributed by atoms with Gasteiger partial charge >= 0.3 is 0 Å². The lowest BCUT2D eigenvalue weighted by atomic mass is 10.1. The first-order valence-corrected chi connectivity index (χ1v) is 8.21. The van der Waals surface area contributed by atoms with E-state index in [1.54, 1.807) is 0 Å². The number of unbranched alkanes of at least 4 members (excludes halogenated alkanes) is 1. The Bertz CT molecular complexity index is 189. The molecule has 0 spiro atoms. The third kappa shape index (κ3) is 15.9. The molecule has 0 saturated carbocycles. The lowest BCUT2D eigenvalue weighted by molar-refractivity contribution is 0.0345. The minimum atomic E-state index is -0.407. The molecule has 0 saturated heterocycles. The molecule has 0 aromatic heterocycles. The Balaban J connectivity index is 3.14. The number of aliphatic hydroxyl groups is 1. The first-order valence-electron chi connectivity index (χ1n) is 8.21. The molecule has 20 heavy (non-hydrogen) atoms. The van der Waals surface area contributed by atoms with Gasteiger partial charge in [-0.3, -0.25) is 0 Å². The molecule has 0 aliphatic rings. The van der Waals surface area contributed by atoms with Crippen LogP contribution in [0, 0.1) is 5.92 Å². The van der Waals surface area contributed by atoms with E-state index in [0.717, 1.165) is 51.5 Å². The largest absolute Gasteiger partial charge is 0.389 e. The molecule has 1 atom stereocenters. The summed E-state index contributed by atoms with van der Waals surface area (Å²) in [5, 5.41) is 12.9. The van der Waals surface area contributed by atoms with Crippen LogP contribution in [0.1, 0.15) is 52.9 Å². The highest BCUT2D eigenvalue weighted by Gasteiger charge is 2.03. The third-order valence-electron chi connectivity index (χ3n) is 3.04. The first kappa shape index (κ1) is 19.8. The van der Waals surface area contributed by atoms with Crippen molar-refractivity contribution in [2.45, 2.75) is 59.0 Å². The average molecular weight is 289 g/mol. The number of nitrogens with one attached hydrogen (secondary N) is 1. The van der Waals surface area contributed by atoms with Gasteiger partial charge < -0.3 is 19.9 Å². The van der Waals surface area contributed by atoms with Gasteiger partial charge in [-0.25, -0.2) is 0 Å². The van der Waals surface area contributed by atoms with E-state index in [1.807, 2.05) is 0 Å². The Labute approximate surface area is 125 Å². The molecule has 0 fully saturated rings. The molecule has 0 aliphatic heterocycles. The fourth-order valence-corrected chi connectivity index (χ4v) is 1.79. The van der Waals surface area contributed by atoms with Crippen molar-refractivity contribution >= 4 is 0 Å². The van der Waals surface area contributed by atoms with Crippen LogP contribution in [0.5, 0.6) is 0 Å². The Kier molecular flexibility index (Phi) is 15.1. The second kappa shape index (κ2) is 15.2. The molecule has 4 nitrogen and oxygen atoms in total. The van der Waals surface area contributed by atoms with Gasteiger partial charge in [-0.2, -0.15) is 0 Å². The quantitative estimate of drug-likeness (QED) is 0.455. The van der Waals surface area contributed by atoms with Crippen LogP contribution in [-0.4, -0.2) is 50.7 Å². The molecule has 0 radical (unpaired) electrons. The zero-order valence-electron chi connectivity index (χ0n) is 13.7. The average Bonchev–Trinajstić information content (AvgIpc) is 2.41. The summed E-state index contributed by atoms with van der Waals surface area (Å²) in [5.41, 5.74) is 0. The Morgan fingerprint density at radius 1 is 1.00 bits per heavy atom. The van der Waals surface area contributed by atoms with Crippen LogP contribution < -0.4 is 5.32 Å².